The summed E-state index contributed by atoms with van der Waals surface area (Å²) in [7, 11) is 3.41. The number of amides is 2. The number of carbonyl (C=O) groups excluding carboxylic acids is 2. The molecule has 0 unspecified atom stereocenters. The van der Waals surface area contributed by atoms with Crippen LogP contribution < -0.4 is 4.90 Å². The number of anilines is 1. The van der Waals surface area contributed by atoms with Crippen molar-refractivity contribution in [1.29, 1.82) is 0 Å². The Hall–Kier alpha value is -2.66. The van der Waals surface area contributed by atoms with Crippen molar-refractivity contribution in [3.63, 3.8) is 0 Å². The molecule has 1 aliphatic carbocycles. The molecule has 2 aliphatic rings. The summed E-state index contributed by atoms with van der Waals surface area (Å²) in [5.74, 6) is -0.280. The Labute approximate surface area is 165 Å². The maximum Gasteiger partial charge on any atom is 0.228 e. The number of fused-ring (bicyclic) bond motifs is 3. The minimum Gasteiger partial charge on any atom is -0.383 e. The van der Waals surface area contributed by atoms with E-state index >= 15 is 0 Å². The fraction of sp³-hybridized carbons (Fsp3) is 0.391. The lowest BCUT2D eigenvalue weighted by Gasteiger charge is -2.27. The molecule has 1 fully saturated rings. The quantitative estimate of drug-likeness (QED) is 0.685. The van der Waals surface area contributed by atoms with E-state index in [-0.39, 0.29) is 30.2 Å². The van der Waals surface area contributed by atoms with Crippen LogP contribution in [-0.2, 0) is 20.7 Å². The van der Waals surface area contributed by atoms with Crippen LogP contribution in [0, 0.1) is 5.92 Å². The van der Waals surface area contributed by atoms with Crippen LogP contribution in [0.4, 0.5) is 5.69 Å². The first-order valence-corrected chi connectivity index (χ1v) is 9.76. The van der Waals surface area contributed by atoms with E-state index < -0.39 is 0 Å². The van der Waals surface area contributed by atoms with Crippen molar-refractivity contribution in [3.05, 3.63) is 53.6 Å². The maximum absolute atomic E-state index is 12.8. The van der Waals surface area contributed by atoms with E-state index in [1.807, 2.05) is 13.0 Å². The van der Waals surface area contributed by atoms with Crippen molar-refractivity contribution in [1.82, 2.24) is 4.90 Å². The first kappa shape index (κ1) is 18.7. The fourth-order valence-corrected chi connectivity index (χ4v) is 4.28. The second-order valence-corrected chi connectivity index (χ2v) is 7.83. The summed E-state index contributed by atoms with van der Waals surface area (Å²) in [5.41, 5.74) is 5.97. The molecule has 2 aromatic carbocycles. The van der Waals surface area contributed by atoms with Crippen LogP contribution in [0.1, 0.15) is 24.5 Å². The van der Waals surface area contributed by atoms with E-state index in [1.165, 1.54) is 22.3 Å². The summed E-state index contributed by atoms with van der Waals surface area (Å²) < 4.78 is 5.15. The lowest BCUT2D eigenvalue weighted by Crippen LogP contribution is -2.42. The number of rotatable bonds is 5. The highest BCUT2D eigenvalue weighted by Crippen LogP contribution is 2.39. The predicted octanol–water partition coefficient (Wildman–Crippen LogP) is 3.10. The van der Waals surface area contributed by atoms with Crippen LogP contribution in [-0.4, -0.2) is 50.1 Å². The van der Waals surface area contributed by atoms with Crippen molar-refractivity contribution >= 4 is 17.5 Å². The Kier molecular flexibility index (Phi) is 4.94. The highest BCUT2D eigenvalue weighted by molar-refractivity contribution is 6.00. The van der Waals surface area contributed by atoms with Gasteiger partial charge in [0.2, 0.25) is 11.8 Å². The Balaban J connectivity index is 1.51. The standard InChI is InChI=1S/C23H26N2O3/c1-15(14-28-3)24(2)23(27)18-12-22(26)25(13-18)19-8-9-21-17(11-19)10-16-6-4-5-7-20(16)21/h4-9,11,15,18H,10,12-14H2,1-3H3/t15-,18+/m1/s1. The van der Waals surface area contributed by atoms with Crippen LogP contribution in [0.5, 0.6) is 0 Å². The van der Waals surface area contributed by atoms with Crippen molar-refractivity contribution in [3.8, 4) is 11.1 Å². The van der Waals surface area contributed by atoms with E-state index in [9.17, 15) is 9.59 Å². The third kappa shape index (κ3) is 3.20. The average Bonchev–Trinajstić information content (AvgIpc) is 3.26. The lowest BCUT2D eigenvalue weighted by molar-refractivity contribution is -0.137. The molecule has 0 saturated carbocycles. The number of methoxy groups -OCH3 is 1. The molecule has 5 heteroatoms. The van der Waals surface area contributed by atoms with Crippen LogP contribution in [0.2, 0.25) is 0 Å². The number of benzene rings is 2. The number of nitrogens with zero attached hydrogens (tertiary/aromatic N) is 2. The number of hydrogen-bond donors (Lipinski definition) is 0. The number of carbonyl (C=O) groups is 2. The van der Waals surface area contributed by atoms with Gasteiger partial charge in [-0.25, -0.2) is 0 Å². The topological polar surface area (TPSA) is 49.9 Å². The van der Waals surface area contributed by atoms with Gasteiger partial charge in [0.05, 0.1) is 18.6 Å². The van der Waals surface area contributed by atoms with Crippen molar-refractivity contribution in [2.24, 2.45) is 5.92 Å². The molecule has 28 heavy (non-hydrogen) atoms. The second-order valence-electron chi connectivity index (χ2n) is 7.83. The zero-order valence-corrected chi connectivity index (χ0v) is 16.6. The molecule has 2 amide bonds. The number of hydrogen-bond acceptors (Lipinski definition) is 3. The molecule has 0 radical (unpaired) electrons. The van der Waals surface area contributed by atoms with Gasteiger partial charge in [0.1, 0.15) is 0 Å². The van der Waals surface area contributed by atoms with Gasteiger partial charge in [-0.3, -0.25) is 9.59 Å². The molecular weight excluding hydrogens is 352 g/mol. The molecule has 0 spiro atoms. The highest BCUT2D eigenvalue weighted by atomic mass is 16.5. The summed E-state index contributed by atoms with van der Waals surface area (Å²) in [4.78, 5) is 28.9. The predicted molar refractivity (Wildman–Crippen MR) is 109 cm³/mol. The summed E-state index contributed by atoms with van der Waals surface area (Å²) in [6.45, 7) is 2.87. The van der Waals surface area contributed by atoms with Gasteiger partial charge >= 0.3 is 0 Å². The molecule has 1 aliphatic heterocycles. The monoisotopic (exact) mass is 378 g/mol. The van der Waals surface area contributed by atoms with Crippen LogP contribution >= 0.6 is 0 Å². The van der Waals surface area contributed by atoms with Crippen LogP contribution in [0.25, 0.3) is 11.1 Å². The summed E-state index contributed by atoms with van der Waals surface area (Å²) in [6.07, 6.45) is 1.15. The molecule has 5 nitrogen and oxygen atoms in total. The average molecular weight is 378 g/mol. The summed E-state index contributed by atoms with van der Waals surface area (Å²) >= 11 is 0. The molecule has 0 bridgehead atoms. The van der Waals surface area contributed by atoms with Crippen molar-refractivity contribution < 1.29 is 14.3 Å². The van der Waals surface area contributed by atoms with Gasteiger partial charge in [-0.15, -0.1) is 0 Å². The Morgan fingerprint density at radius 2 is 1.96 bits per heavy atom. The summed E-state index contributed by atoms with van der Waals surface area (Å²) in [6, 6.07) is 14.6. The van der Waals surface area contributed by atoms with Crippen LogP contribution in [0.15, 0.2) is 42.5 Å². The Morgan fingerprint density at radius 1 is 1.21 bits per heavy atom. The zero-order valence-electron chi connectivity index (χ0n) is 16.6. The minimum absolute atomic E-state index is 0.00830. The fourth-order valence-electron chi connectivity index (χ4n) is 4.28. The lowest BCUT2D eigenvalue weighted by atomic mass is 10.1. The first-order chi connectivity index (χ1) is 13.5. The molecule has 1 heterocycles. The molecule has 2 aromatic rings. The van der Waals surface area contributed by atoms with Gasteiger partial charge in [0.15, 0.2) is 0 Å². The molecule has 0 aromatic heterocycles. The Bertz CT molecular complexity index is 924. The third-order valence-corrected chi connectivity index (χ3v) is 5.98. The highest BCUT2D eigenvalue weighted by Gasteiger charge is 2.37. The third-order valence-electron chi connectivity index (χ3n) is 5.98. The Morgan fingerprint density at radius 3 is 2.75 bits per heavy atom. The SMILES string of the molecule is COC[C@@H](C)N(C)C(=O)[C@H]1CC(=O)N(c2ccc3c(c2)Cc2ccccc2-3)C1. The molecular formula is C23H26N2O3. The second kappa shape index (κ2) is 7.40. The first-order valence-electron chi connectivity index (χ1n) is 9.76. The van der Waals surface area contributed by atoms with Crippen molar-refractivity contribution in [2.45, 2.75) is 25.8 Å². The number of ether oxygens (including phenoxy) is 1. The molecule has 146 valence electrons. The summed E-state index contributed by atoms with van der Waals surface area (Å²) in [5, 5.41) is 0. The van der Waals surface area contributed by atoms with Gasteiger partial charge in [0.25, 0.3) is 0 Å². The van der Waals surface area contributed by atoms with Gasteiger partial charge in [-0.1, -0.05) is 30.3 Å². The van der Waals surface area contributed by atoms with Crippen LogP contribution in [0.3, 0.4) is 0 Å². The number of likely N-dealkylation sites (N-methyl/N-ethyl adjacent to an activating group) is 1. The van der Waals surface area contributed by atoms with Gasteiger partial charge in [-0.2, -0.15) is 0 Å². The zero-order chi connectivity index (χ0) is 19.8. The molecule has 1 saturated heterocycles. The van der Waals surface area contributed by atoms with Gasteiger partial charge in [-0.05, 0) is 47.7 Å². The van der Waals surface area contributed by atoms with E-state index in [0.717, 1.165) is 12.1 Å². The van der Waals surface area contributed by atoms with Crippen molar-refractivity contribution in [2.75, 3.05) is 32.2 Å². The van der Waals surface area contributed by atoms with E-state index in [4.69, 9.17) is 4.74 Å². The van der Waals surface area contributed by atoms with E-state index in [1.54, 1.807) is 24.0 Å². The molecule has 2 atom stereocenters. The molecule has 0 N–H and O–H groups in total. The minimum atomic E-state index is -0.303. The van der Waals surface area contributed by atoms with E-state index in [0.29, 0.717) is 13.2 Å². The van der Waals surface area contributed by atoms with Gasteiger partial charge in [0, 0.05) is 32.8 Å². The molecule has 4 rings (SSSR count). The van der Waals surface area contributed by atoms with E-state index in [2.05, 4.69) is 36.4 Å². The smallest absolute Gasteiger partial charge is 0.228 e. The maximum atomic E-state index is 12.8. The van der Waals surface area contributed by atoms with Gasteiger partial charge < -0.3 is 14.5 Å². The normalized spacial score (nSPS) is 18.8. The largest absolute Gasteiger partial charge is 0.383 e.